The van der Waals surface area contributed by atoms with Gasteiger partial charge in [-0.25, -0.2) is 0 Å². The minimum absolute atomic E-state index is 0.173. The fraction of sp³-hybridized carbons (Fsp3) is 0.375. The van der Waals surface area contributed by atoms with Crippen LogP contribution in [0.1, 0.15) is 35.2 Å². The first-order chi connectivity index (χ1) is 10.1. The number of ether oxygens (including phenoxy) is 2. The number of hydrogen-bond acceptors (Lipinski definition) is 4. The summed E-state index contributed by atoms with van der Waals surface area (Å²) >= 11 is 5.31. The van der Waals surface area contributed by atoms with Crippen LogP contribution < -0.4 is 15.2 Å². The van der Waals surface area contributed by atoms with Crippen molar-refractivity contribution in [2.45, 2.75) is 26.8 Å². The second kappa shape index (κ2) is 7.29. The van der Waals surface area contributed by atoms with Gasteiger partial charge in [0.15, 0.2) is 11.5 Å². The molecule has 0 saturated heterocycles. The molecule has 1 aromatic carbocycles. The van der Waals surface area contributed by atoms with Gasteiger partial charge in [0.1, 0.15) is 0 Å². The zero-order valence-corrected chi connectivity index (χ0v) is 14.9. The van der Waals surface area contributed by atoms with E-state index in [1.54, 1.807) is 11.3 Å². The molecule has 3 nitrogen and oxygen atoms in total. The topological polar surface area (TPSA) is 44.5 Å². The number of nitrogens with two attached hydrogens (primary N) is 1. The van der Waals surface area contributed by atoms with E-state index in [2.05, 4.69) is 35.0 Å². The third-order valence-corrected chi connectivity index (χ3v) is 4.84. The second-order valence-corrected chi connectivity index (χ2v) is 6.79. The highest BCUT2D eigenvalue weighted by Crippen LogP contribution is 2.38. The summed E-state index contributed by atoms with van der Waals surface area (Å²) in [4.78, 5) is 2.40. The van der Waals surface area contributed by atoms with Crippen molar-refractivity contribution in [3.63, 3.8) is 0 Å². The summed E-state index contributed by atoms with van der Waals surface area (Å²) in [6, 6.07) is 7.90. The Balaban J connectivity index is 2.40. The van der Waals surface area contributed by atoms with E-state index >= 15 is 0 Å². The molecule has 1 aromatic heterocycles. The first-order valence-electron chi connectivity index (χ1n) is 6.97. The molecule has 2 aromatic rings. The van der Waals surface area contributed by atoms with Crippen LogP contribution in [0.25, 0.3) is 0 Å². The van der Waals surface area contributed by atoms with Gasteiger partial charge in [-0.1, -0.05) is 15.9 Å². The highest BCUT2D eigenvalue weighted by Gasteiger charge is 2.18. The molecule has 5 heteroatoms. The van der Waals surface area contributed by atoms with Gasteiger partial charge >= 0.3 is 0 Å². The Kier molecular flexibility index (Phi) is 5.67. The molecule has 0 saturated carbocycles. The van der Waals surface area contributed by atoms with Gasteiger partial charge in [-0.2, -0.15) is 0 Å². The van der Waals surface area contributed by atoms with Crippen LogP contribution in [0, 0.1) is 6.92 Å². The van der Waals surface area contributed by atoms with E-state index < -0.39 is 0 Å². The van der Waals surface area contributed by atoms with E-state index in [-0.39, 0.29) is 6.04 Å². The largest absolute Gasteiger partial charge is 0.490 e. The lowest BCUT2D eigenvalue weighted by Crippen LogP contribution is -2.12. The Morgan fingerprint density at radius 1 is 1.14 bits per heavy atom. The van der Waals surface area contributed by atoms with Crippen LogP contribution in [0.4, 0.5) is 0 Å². The predicted molar refractivity (Wildman–Crippen MR) is 91.6 cm³/mol. The molecule has 0 radical (unpaired) electrons. The predicted octanol–water partition coefficient (Wildman–Crippen LogP) is 4.66. The molecular formula is C16H20BrNO2S. The number of aryl methyl sites for hydroxylation is 1. The molecule has 0 fully saturated rings. The molecule has 2 rings (SSSR count). The first kappa shape index (κ1) is 16.3. The lowest BCUT2D eigenvalue weighted by atomic mass is 10.1. The number of hydrogen-bond donors (Lipinski definition) is 1. The highest BCUT2D eigenvalue weighted by atomic mass is 79.9. The van der Waals surface area contributed by atoms with Gasteiger partial charge in [0.05, 0.1) is 19.3 Å². The third-order valence-electron chi connectivity index (χ3n) is 3.07. The molecule has 2 N–H and O–H groups in total. The summed E-state index contributed by atoms with van der Waals surface area (Å²) < 4.78 is 12.2. The van der Waals surface area contributed by atoms with E-state index in [4.69, 9.17) is 15.2 Å². The molecule has 0 aliphatic rings. The molecule has 0 spiro atoms. The first-order valence-corrected chi connectivity index (χ1v) is 8.58. The molecule has 1 heterocycles. The fourth-order valence-corrected chi connectivity index (χ4v) is 3.57. The fourth-order valence-electron chi connectivity index (χ4n) is 2.10. The van der Waals surface area contributed by atoms with Crippen molar-refractivity contribution in [1.29, 1.82) is 0 Å². The maximum absolute atomic E-state index is 6.40. The molecular weight excluding hydrogens is 350 g/mol. The highest BCUT2D eigenvalue weighted by molar-refractivity contribution is 9.10. The summed E-state index contributed by atoms with van der Waals surface area (Å²) in [5.74, 6) is 1.48. The summed E-state index contributed by atoms with van der Waals surface area (Å²) in [6.07, 6.45) is 0. The molecule has 0 amide bonds. The van der Waals surface area contributed by atoms with Gasteiger partial charge < -0.3 is 15.2 Å². The minimum atomic E-state index is -0.173. The van der Waals surface area contributed by atoms with Gasteiger partial charge in [-0.3, -0.25) is 0 Å². The van der Waals surface area contributed by atoms with Crippen LogP contribution in [0.3, 0.4) is 0 Å². The Bertz CT molecular complexity index is 612. The molecule has 1 atom stereocenters. The average Bonchev–Trinajstić information content (AvgIpc) is 2.88. The van der Waals surface area contributed by atoms with Gasteiger partial charge in [0.25, 0.3) is 0 Å². The second-order valence-electron chi connectivity index (χ2n) is 4.61. The Hall–Kier alpha value is -1.04. The number of rotatable bonds is 6. The summed E-state index contributed by atoms with van der Waals surface area (Å²) in [5.41, 5.74) is 7.41. The third kappa shape index (κ3) is 3.78. The number of halogens is 1. The zero-order valence-electron chi connectivity index (χ0n) is 12.5. The lowest BCUT2D eigenvalue weighted by molar-refractivity contribution is 0.287. The van der Waals surface area contributed by atoms with Crippen molar-refractivity contribution < 1.29 is 9.47 Å². The van der Waals surface area contributed by atoms with Crippen molar-refractivity contribution in [2.24, 2.45) is 5.73 Å². The normalized spacial score (nSPS) is 12.2. The van der Waals surface area contributed by atoms with E-state index in [0.29, 0.717) is 13.2 Å². The molecule has 114 valence electrons. The van der Waals surface area contributed by atoms with Crippen LogP contribution in [0.15, 0.2) is 28.7 Å². The Labute approximate surface area is 138 Å². The van der Waals surface area contributed by atoms with E-state index in [1.165, 1.54) is 4.88 Å². The SMILES string of the molecule is CCOc1cc(Br)c(C(N)c2ccc(C)s2)cc1OCC. The van der Waals surface area contributed by atoms with Crippen molar-refractivity contribution in [1.82, 2.24) is 0 Å². The van der Waals surface area contributed by atoms with E-state index in [1.807, 2.05) is 26.0 Å². The van der Waals surface area contributed by atoms with Crippen molar-refractivity contribution in [3.8, 4) is 11.5 Å². The molecule has 1 unspecified atom stereocenters. The smallest absolute Gasteiger partial charge is 0.162 e. The Morgan fingerprint density at radius 3 is 2.29 bits per heavy atom. The van der Waals surface area contributed by atoms with Crippen LogP contribution >= 0.6 is 27.3 Å². The maximum Gasteiger partial charge on any atom is 0.162 e. The quantitative estimate of drug-likeness (QED) is 0.804. The molecule has 0 aliphatic heterocycles. The van der Waals surface area contributed by atoms with Gasteiger partial charge in [0, 0.05) is 14.2 Å². The summed E-state index contributed by atoms with van der Waals surface area (Å²) in [5, 5.41) is 0. The number of thiophene rings is 1. The van der Waals surface area contributed by atoms with Gasteiger partial charge in [-0.15, -0.1) is 11.3 Å². The summed E-state index contributed by atoms with van der Waals surface area (Å²) in [6.45, 7) is 7.19. The van der Waals surface area contributed by atoms with E-state index in [0.717, 1.165) is 26.4 Å². The Morgan fingerprint density at radius 2 is 1.76 bits per heavy atom. The van der Waals surface area contributed by atoms with Crippen LogP contribution in [0.5, 0.6) is 11.5 Å². The standard InChI is InChI=1S/C16H20BrNO2S/c1-4-19-13-8-11(12(17)9-14(13)20-5-2)16(18)15-7-6-10(3)21-15/h6-9,16H,4-5,18H2,1-3H3. The minimum Gasteiger partial charge on any atom is -0.490 e. The monoisotopic (exact) mass is 369 g/mol. The van der Waals surface area contributed by atoms with Gasteiger partial charge in [0.2, 0.25) is 0 Å². The number of benzene rings is 1. The molecule has 0 bridgehead atoms. The van der Waals surface area contributed by atoms with Crippen molar-refractivity contribution >= 4 is 27.3 Å². The van der Waals surface area contributed by atoms with E-state index in [9.17, 15) is 0 Å². The average molecular weight is 370 g/mol. The van der Waals surface area contributed by atoms with Crippen LogP contribution in [-0.4, -0.2) is 13.2 Å². The zero-order chi connectivity index (χ0) is 15.4. The van der Waals surface area contributed by atoms with Crippen molar-refractivity contribution in [3.05, 3.63) is 44.1 Å². The van der Waals surface area contributed by atoms with Crippen LogP contribution in [-0.2, 0) is 0 Å². The molecule has 21 heavy (non-hydrogen) atoms. The molecule has 0 aliphatic carbocycles. The lowest BCUT2D eigenvalue weighted by Gasteiger charge is -2.17. The van der Waals surface area contributed by atoms with Crippen molar-refractivity contribution in [2.75, 3.05) is 13.2 Å². The van der Waals surface area contributed by atoms with Crippen LogP contribution in [0.2, 0.25) is 0 Å². The maximum atomic E-state index is 6.40. The summed E-state index contributed by atoms with van der Waals surface area (Å²) in [7, 11) is 0. The van der Waals surface area contributed by atoms with Gasteiger partial charge in [-0.05, 0) is 50.6 Å².